The van der Waals surface area contributed by atoms with E-state index in [0.717, 1.165) is 44.0 Å². The van der Waals surface area contributed by atoms with Crippen molar-refractivity contribution in [2.75, 3.05) is 37.7 Å². The number of anilines is 1. The van der Waals surface area contributed by atoms with Crippen molar-refractivity contribution >= 4 is 11.8 Å². The highest BCUT2D eigenvalue weighted by Gasteiger charge is 2.18. The van der Waals surface area contributed by atoms with Gasteiger partial charge in [-0.05, 0) is 25.0 Å². The third-order valence-corrected chi connectivity index (χ3v) is 4.26. The van der Waals surface area contributed by atoms with Gasteiger partial charge >= 0.3 is 6.03 Å². The number of rotatable bonds is 5. The molecule has 2 aliphatic heterocycles. The van der Waals surface area contributed by atoms with Gasteiger partial charge in [0.05, 0.1) is 12.7 Å². The third kappa shape index (κ3) is 4.80. The minimum absolute atomic E-state index is 0.158. The van der Waals surface area contributed by atoms with E-state index in [1.54, 1.807) is 0 Å². The fourth-order valence-electron chi connectivity index (χ4n) is 2.88. The molecular weight excluding hydrogens is 308 g/mol. The monoisotopic (exact) mass is 334 g/mol. The quantitative estimate of drug-likeness (QED) is 0.605. The second-order valence-electron chi connectivity index (χ2n) is 6.27. The summed E-state index contributed by atoms with van der Waals surface area (Å²) >= 11 is 0. The maximum Gasteiger partial charge on any atom is 0.315 e. The van der Waals surface area contributed by atoms with E-state index in [9.17, 15) is 4.79 Å². The molecule has 0 spiro atoms. The van der Waals surface area contributed by atoms with Crippen LogP contribution < -0.4 is 26.4 Å². The van der Waals surface area contributed by atoms with Gasteiger partial charge in [-0.3, -0.25) is 10.9 Å². The Balaban J connectivity index is 1.41. The van der Waals surface area contributed by atoms with E-state index >= 15 is 0 Å². The lowest BCUT2D eigenvalue weighted by Crippen LogP contribution is -2.43. The largest absolute Gasteiger partial charge is 0.375 e. The number of nitrogens with one attached hydrogen (secondary N) is 4. The number of pyridine rings is 1. The summed E-state index contributed by atoms with van der Waals surface area (Å²) in [6.45, 7) is 6.55. The second-order valence-corrected chi connectivity index (χ2v) is 6.27. The van der Waals surface area contributed by atoms with Gasteiger partial charge in [-0.15, -0.1) is 0 Å². The maximum atomic E-state index is 11.8. The fourth-order valence-corrected chi connectivity index (χ4v) is 2.88. The Kier molecular flexibility index (Phi) is 5.84. The topological polar surface area (TPSA) is 90.6 Å². The smallest absolute Gasteiger partial charge is 0.315 e. The zero-order valence-corrected chi connectivity index (χ0v) is 14.0. The molecule has 0 saturated carbocycles. The number of urea groups is 1. The molecule has 24 heavy (non-hydrogen) atoms. The Hall–Kier alpha value is -1.90. The van der Waals surface area contributed by atoms with E-state index in [-0.39, 0.29) is 12.1 Å². The molecule has 3 rings (SSSR count). The third-order valence-electron chi connectivity index (χ3n) is 4.26. The van der Waals surface area contributed by atoms with Crippen LogP contribution in [0.3, 0.4) is 0 Å². The number of amides is 2. The normalized spacial score (nSPS) is 24.0. The summed E-state index contributed by atoms with van der Waals surface area (Å²) in [7, 11) is 0. The minimum Gasteiger partial charge on any atom is -0.375 e. The standard InChI is InChI=1S/C16H26N6O2/c1-12-11-22(6-7-24-12)15-3-2-13(8-17-15)9-18-16(23)19-10-14-4-5-20-21-14/h2-3,8,12,14,20-21H,4-7,9-11H2,1H3,(H2,18,19,23). The molecule has 1 aromatic rings. The van der Waals surface area contributed by atoms with Crippen molar-refractivity contribution in [2.24, 2.45) is 0 Å². The fraction of sp³-hybridized carbons (Fsp3) is 0.625. The molecule has 0 radical (unpaired) electrons. The molecule has 2 fully saturated rings. The van der Waals surface area contributed by atoms with Gasteiger partial charge in [-0.2, -0.15) is 0 Å². The lowest BCUT2D eigenvalue weighted by atomic mass is 10.2. The molecule has 2 unspecified atom stereocenters. The number of carbonyl (C=O) groups excluding carboxylic acids is 1. The molecule has 2 saturated heterocycles. The summed E-state index contributed by atoms with van der Waals surface area (Å²) in [5, 5.41) is 5.72. The SMILES string of the molecule is CC1CN(c2ccc(CNC(=O)NCC3CCNN3)cn2)CCO1. The first-order chi connectivity index (χ1) is 11.7. The van der Waals surface area contributed by atoms with Crippen LogP contribution in [-0.2, 0) is 11.3 Å². The Morgan fingerprint density at radius 3 is 3.08 bits per heavy atom. The Morgan fingerprint density at radius 1 is 1.46 bits per heavy atom. The van der Waals surface area contributed by atoms with E-state index in [0.29, 0.717) is 19.1 Å². The highest BCUT2D eigenvalue weighted by molar-refractivity contribution is 5.73. The zero-order valence-electron chi connectivity index (χ0n) is 14.0. The first kappa shape index (κ1) is 16.9. The van der Waals surface area contributed by atoms with Crippen LogP contribution in [0, 0.1) is 0 Å². The number of morpholine rings is 1. The van der Waals surface area contributed by atoms with Crippen molar-refractivity contribution in [1.29, 1.82) is 0 Å². The van der Waals surface area contributed by atoms with E-state index < -0.39 is 0 Å². The highest BCUT2D eigenvalue weighted by atomic mass is 16.5. The van der Waals surface area contributed by atoms with Gasteiger partial charge in [0.2, 0.25) is 0 Å². The molecule has 0 aliphatic carbocycles. The highest BCUT2D eigenvalue weighted by Crippen LogP contribution is 2.15. The van der Waals surface area contributed by atoms with Crippen LogP contribution >= 0.6 is 0 Å². The van der Waals surface area contributed by atoms with E-state index in [2.05, 4.69) is 38.3 Å². The average molecular weight is 334 g/mol. The molecular formula is C16H26N6O2. The van der Waals surface area contributed by atoms with Gasteiger partial charge in [0.15, 0.2) is 0 Å². The van der Waals surface area contributed by atoms with Gasteiger partial charge in [0.1, 0.15) is 5.82 Å². The van der Waals surface area contributed by atoms with E-state index in [1.807, 2.05) is 18.3 Å². The van der Waals surface area contributed by atoms with Crippen LogP contribution in [0.5, 0.6) is 0 Å². The molecule has 2 aliphatic rings. The van der Waals surface area contributed by atoms with Crippen molar-refractivity contribution in [3.8, 4) is 0 Å². The lowest BCUT2D eigenvalue weighted by Gasteiger charge is -2.32. The number of nitrogens with zero attached hydrogens (tertiary/aromatic N) is 2. The summed E-state index contributed by atoms with van der Waals surface area (Å²) in [4.78, 5) is 18.5. The average Bonchev–Trinajstić information content (AvgIpc) is 3.12. The van der Waals surface area contributed by atoms with Crippen LogP contribution in [0.15, 0.2) is 18.3 Å². The van der Waals surface area contributed by atoms with Gasteiger partial charge in [0.25, 0.3) is 0 Å². The zero-order chi connectivity index (χ0) is 16.8. The van der Waals surface area contributed by atoms with Gasteiger partial charge in [-0.25, -0.2) is 9.78 Å². The summed E-state index contributed by atoms with van der Waals surface area (Å²) in [5.41, 5.74) is 7.14. The predicted molar refractivity (Wildman–Crippen MR) is 91.6 cm³/mol. The number of hydrazine groups is 1. The Labute approximate surface area is 142 Å². The number of hydrogen-bond acceptors (Lipinski definition) is 6. The Bertz CT molecular complexity index is 532. The van der Waals surface area contributed by atoms with Crippen LogP contribution in [-0.4, -0.2) is 55.9 Å². The summed E-state index contributed by atoms with van der Waals surface area (Å²) in [6.07, 6.45) is 3.07. The van der Waals surface area contributed by atoms with E-state index in [4.69, 9.17) is 4.74 Å². The number of hydrogen-bond donors (Lipinski definition) is 4. The van der Waals surface area contributed by atoms with Gasteiger partial charge in [0, 0.05) is 45.0 Å². The number of ether oxygens (including phenoxy) is 1. The van der Waals surface area contributed by atoms with Crippen LogP contribution in [0.2, 0.25) is 0 Å². The van der Waals surface area contributed by atoms with Crippen LogP contribution in [0.4, 0.5) is 10.6 Å². The Morgan fingerprint density at radius 2 is 2.38 bits per heavy atom. The van der Waals surface area contributed by atoms with Crippen molar-refractivity contribution < 1.29 is 9.53 Å². The molecule has 1 aromatic heterocycles. The van der Waals surface area contributed by atoms with E-state index in [1.165, 1.54) is 0 Å². The molecule has 8 nitrogen and oxygen atoms in total. The van der Waals surface area contributed by atoms with Crippen molar-refractivity contribution in [1.82, 2.24) is 26.5 Å². The summed E-state index contributed by atoms with van der Waals surface area (Å²) in [6, 6.07) is 4.15. The molecule has 8 heteroatoms. The number of aromatic nitrogens is 1. The first-order valence-electron chi connectivity index (χ1n) is 8.52. The molecule has 0 bridgehead atoms. The number of carbonyl (C=O) groups is 1. The second kappa shape index (κ2) is 8.27. The molecule has 4 N–H and O–H groups in total. The van der Waals surface area contributed by atoms with Crippen molar-refractivity contribution in [3.63, 3.8) is 0 Å². The minimum atomic E-state index is -0.158. The van der Waals surface area contributed by atoms with Gasteiger partial charge < -0.3 is 20.3 Å². The summed E-state index contributed by atoms with van der Waals surface area (Å²) < 4.78 is 5.55. The first-order valence-corrected chi connectivity index (χ1v) is 8.52. The molecule has 2 atom stereocenters. The van der Waals surface area contributed by atoms with Crippen LogP contribution in [0.25, 0.3) is 0 Å². The maximum absolute atomic E-state index is 11.8. The molecule has 0 aromatic carbocycles. The van der Waals surface area contributed by atoms with Gasteiger partial charge in [-0.1, -0.05) is 6.07 Å². The lowest BCUT2D eigenvalue weighted by molar-refractivity contribution is 0.0529. The molecule has 132 valence electrons. The van der Waals surface area contributed by atoms with Crippen molar-refractivity contribution in [2.45, 2.75) is 32.0 Å². The predicted octanol–water partition coefficient (Wildman–Crippen LogP) is -0.0276. The van der Waals surface area contributed by atoms with Crippen LogP contribution in [0.1, 0.15) is 18.9 Å². The summed E-state index contributed by atoms with van der Waals surface area (Å²) in [5.74, 6) is 0.957. The molecule has 2 amide bonds. The van der Waals surface area contributed by atoms with Crippen molar-refractivity contribution in [3.05, 3.63) is 23.9 Å². The molecule has 3 heterocycles.